The standard InChI is InChI=1S/C17H33N2/c1-4-7-10-13-18-15-16-19(14-11-8-5-2)17(18)12-9-6-3/h15-16H,4-14H2,1-3H3/q+1. The summed E-state index contributed by atoms with van der Waals surface area (Å²) >= 11 is 0. The van der Waals surface area contributed by atoms with Crippen molar-refractivity contribution < 1.29 is 4.57 Å². The van der Waals surface area contributed by atoms with E-state index in [0.29, 0.717) is 0 Å². The molecule has 1 aromatic rings. The minimum atomic E-state index is 1.20. The minimum Gasteiger partial charge on any atom is -0.234 e. The molecule has 0 saturated carbocycles. The number of nitrogens with zero attached hydrogens (tertiary/aromatic N) is 2. The third kappa shape index (κ3) is 5.80. The van der Waals surface area contributed by atoms with Gasteiger partial charge < -0.3 is 0 Å². The Morgan fingerprint density at radius 3 is 2.26 bits per heavy atom. The van der Waals surface area contributed by atoms with Gasteiger partial charge in [-0.1, -0.05) is 40.0 Å². The van der Waals surface area contributed by atoms with Crippen LogP contribution in [0.4, 0.5) is 0 Å². The van der Waals surface area contributed by atoms with E-state index < -0.39 is 0 Å². The number of imidazole rings is 1. The Labute approximate surface area is 119 Å². The van der Waals surface area contributed by atoms with Gasteiger partial charge >= 0.3 is 0 Å². The van der Waals surface area contributed by atoms with Gasteiger partial charge in [0.15, 0.2) is 0 Å². The van der Waals surface area contributed by atoms with Gasteiger partial charge in [-0.25, -0.2) is 9.13 Å². The molecule has 0 aliphatic carbocycles. The Balaban J connectivity index is 2.61. The second-order valence-corrected chi connectivity index (χ2v) is 5.62. The van der Waals surface area contributed by atoms with Crippen molar-refractivity contribution in [2.75, 3.05) is 0 Å². The van der Waals surface area contributed by atoms with Crippen molar-refractivity contribution in [1.29, 1.82) is 0 Å². The van der Waals surface area contributed by atoms with Crippen molar-refractivity contribution in [2.24, 2.45) is 0 Å². The van der Waals surface area contributed by atoms with E-state index in [1.54, 1.807) is 5.82 Å². The average Bonchev–Trinajstić information content (AvgIpc) is 2.80. The van der Waals surface area contributed by atoms with Crippen LogP contribution in [0, 0.1) is 0 Å². The lowest BCUT2D eigenvalue weighted by Gasteiger charge is -2.05. The summed E-state index contributed by atoms with van der Waals surface area (Å²) in [7, 11) is 0. The zero-order valence-corrected chi connectivity index (χ0v) is 13.3. The molecule has 110 valence electrons. The van der Waals surface area contributed by atoms with Crippen LogP contribution in [-0.4, -0.2) is 4.57 Å². The van der Waals surface area contributed by atoms with Crippen molar-refractivity contribution in [1.82, 2.24) is 4.57 Å². The fraction of sp³-hybridized carbons (Fsp3) is 0.824. The van der Waals surface area contributed by atoms with E-state index in [2.05, 4.69) is 42.3 Å². The van der Waals surface area contributed by atoms with Gasteiger partial charge in [0.25, 0.3) is 5.82 Å². The zero-order chi connectivity index (χ0) is 13.9. The first-order valence-corrected chi connectivity index (χ1v) is 8.40. The molecule has 19 heavy (non-hydrogen) atoms. The van der Waals surface area contributed by atoms with Crippen LogP contribution < -0.4 is 4.57 Å². The molecule has 1 rings (SSSR count). The smallest absolute Gasteiger partial charge is 0.234 e. The largest absolute Gasteiger partial charge is 0.256 e. The number of aryl methyl sites for hydroxylation is 2. The summed E-state index contributed by atoms with van der Waals surface area (Å²) in [6.45, 7) is 9.24. The zero-order valence-electron chi connectivity index (χ0n) is 13.3. The van der Waals surface area contributed by atoms with Gasteiger partial charge in [0.1, 0.15) is 12.4 Å². The molecule has 0 bridgehead atoms. The highest BCUT2D eigenvalue weighted by atomic mass is 15.1. The molecule has 2 nitrogen and oxygen atoms in total. The molecular weight excluding hydrogens is 232 g/mol. The predicted molar refractivity (Wildman–Crippen MR) is 82.3 cm³/mol. The number of hydrogen-bond donors (Lipinski definition) is 0. The molecule has 0 aliphatic heterocycles. The Hall–Kier alpha value is -0.790. The van der Waals surface area contributed by atoms with E-state index in [-0.39, 0.29) is 0 Å². The Kier molecular flexibility index (Phi) is 8.61. The first-order valence-electron chi connectivity index (χ1n) is 8.40. The number of hydrogen-bond acceptors (Lipinski definition) is 0. The van der Waals surface area contributed by atoms with E-state index in [9.17, 15) is 0 Å². The van der Waals surface area contributed by atoms with E-state index >= 15 is 0 Å². The van der Waals surface area contributed by atoms with E-state index in [0.717, 1.165) is 0 Å². The molecule has 0 fully saturated rings. The van der Waals surface area contributed by atoms with Crippen molar-refractivity contribution in [3.05, 3.63) is 18.2 Å². The van der Waals surface area contributed by atoms with Crippen LogP contribution in [0.3, 0.4) is 0 Å². The highest BCUT2D eigenvalue weighted by Crippen LogP contribution is 2.06. The molecule has 0 spiro atoms. The SMILES string of the molecule is CCCCCn1cc[n+](CCCCC)c1CCCC. The Morgan fingerprint density at radius 2 is 1.58 bits per heavy atom. The maximum absolute atomic E-state index is 2.50. The van der Waals surface area contributed by atoms with E-state index in [1.165, 1.54) is 70.9 Å². The van der Waals surface area contributed by atoms with Crippen molar-refractivity contribution in [3.63, 3.8) is 0 Å². The van der Waals surface area contributed by atoms with Gasteiger partial charge in [0, 0.05) is 6.42 Å². The molecular formula is C17H33N2+. The molecule has 0 unspecified atom stereocenters. The van der Waals surface area contributed by atoms with Crippen molar-refractivity contribution in [2.45, 2.75) is 91.6 Å². The van der Waals surface area contributed by atoms with E-state index in [4.69, 9.17) is 0 Å². The number of unbranched alkanes of at least 4 members (excludes halogenated alkanes) is 5. The third-order valence-corrected chi connectivity index (χ3v) is 3.85. The predicted octanol–water partition coefficient (Wildman–Crippen LogP) is 4.50. The summed E-state index contributed by atoms with van der Waals surface area (Å²) in [6.07, 6.45) is 16.4. The quantitative estimate of drug-likeness (QED) is 0.411. The minimum absolute atomic E-state index is 1.20. The van der Waals surface area contributed by atoms with E-state index in [1.807, 2.05) is 0 Å². The van der Waals surface area contributed by atoms with Crippen LogP contribution in [0.5, 0.6) is 0 Å². The van der Waals surface area contributed by atoms with Crippen LogP contribution in [0.2, 0.25) is 0 Å². The van der Waals surface area contributed by atoms with Crippen LogP contribution in [0.1, 0.15) is 78.0 Å². The molecule has 0 saturated heterocycles. The molecule has 0 aliphatic rings. The summed E-state index contributed by atoms with van der Waals surface area (Å²) in [4.78, 5) is 0. The second-order valence-electron chi connectivity index (χ2n) is 5.62. The third-order valence-electron chi connectivity index (χ3n) is 3.85. The average molecular weight is 265 g/mol. The maximum Gasteiger partial charge on any atom is 0.256 e. The molecule has 2 heteroatoms. The maximum atomic E-state index is 2.50. The molecule has 0 N–H and O–H groups in total. The van der Waals surface area contributed by atoms with Crippen LogP contribution in [0.15, 0.2) is 12.4 Å². The monoisotopic (exact) mass is 265 g/mol. The van der Waals surface area contributed by atoms with Crippen LogP contribution in [0.25, 0.3) is 0 Å². The summed E-state index contributed by atoms with van der Waals surface area (Å²) in [6, 6.07) is 0. The number of aromatic nitrogens is 2. The lowest BCUT2D eigenvalue weighted by molar-refractivity contribution is -0.704. The number of rotatable bonds is 11. The van der Waals surface area contributed by atoms with Gasteiger partial charge in [0.05, 0.1) is 13.1 Å². The van der Waals surface area contributed by atoms with Crippen molar-refractivity contribution in [3.8, 4) is 0 Å². The summed E-state index contributed by atoms with van der Waals surface area (Å²) in [5, 5.41) is 0. The lowest BCUT2D eigenvalue weighted by Crippen LogP contribution is -2.37. The molecule has 0 amide bonds. The highest BCUT2D eigenvalue weighted by molar-refractivity contribution is 4.84. The fourth-order valence-corrected chi connectivity index (χ4v) is 2.59. The van der Waals surface area contributed by atoms with Gasteiger partial charge in [-0.15, -0.1) is 0 Å². The molecule has 0 aromatic carbocycles. The molecule has 1 aromatic heterocycles. The van der Waals surface area contributed by atoms with Gasteiger partial charge in [-0.05, 0) is 32.1 Å². The van der Waals surface area contributed by atoms with Crippen molar-refractivity contribution >= 4 is 0 Å². The summed E-state index contributed by atoms with van der Waals surface area (Å²) in [5.41, 5.74) is 0. The Bertz CT molecular complexity index is 301. The first-order chi connectivity index (χ1) is 9.33. The molecule has 0 radical (unpaired) electrons. The topological polar surface area (TPSA) is 8.81 Å². The molecule has 0 atom stereocenters. The van der Waals surface area contributed by atoms with Gasteiger partial charge in [-0.2, -0.15) is 0 Å². The Morgan fingerprint density at radius 1 is 0.895 bits per heavy atom. The molecule has 1 heterocycles. The normalized spacial score (nSPS) is 11.1. The lowest BCUT2D eigenvalue weighted by atomic mass is 10.2. The van der Waals surface area contributed by atoms with Crippen LogP contribution in [-0.2, 0) is 19.5 Å². The summed E-state index contributed by atoms with van der Waals surface area (Å²) < 4.78 is 4.99. The summed E-state index contributed by atoms with van der Waals surface area (Å²) in [5.74, 6) is 1.55. The fourth-order valence-electron chi connectivity index (χ4n) is 2.59. The second kappa shape index (κ2) is 10.1. The van der Waals surface area contributed by atoms with Gasteiger partial charge in [0.2, 0.25) is 0 Å². The first kappa shape index (κ1) is 16.3. The van der Waals surface area contributed by atoms with Crippen LogP contribution >= 0.6 is 0 Å². The van der Waals surface area contributed by atoms with Gasteiger partial charge in [-0.3, -0.25) is 0 Å². The highest BCUT2D eigenvalue weighted by Gasteiger charge is 2.15.